The number of carbonyl (C=O) groups is 1. The Morgan fingerprint density at radius 2 is 1.94 bits per heavy atom. The van der Waals surface area contributed by atoms with Crippen LogP contribution in [0.3, 0.4) is 0 Å². The Labute approximate surface area is 216 Å². The predicted octanol–water partition coefficient (Wildman–Crippen LogP) is 4.44. The lowest BCUT2D eigenvalue weighted by Crippen LogP contribution is -2.44. The lowest BCUT2D eigenvalue weighted by Gasteiger charge is -2.27. The van der Waals surface area contributed by atoms with Crippen molar-refractivity contribution < 1.29 is 19.4 Å². The second-order valence-corrected chi connectivity index (χ2v) is 7.45. The summed E-state index contributed by atoms with van der Waals surface area (Å²) in [7, 11) is 1.60. The van der Waals surface area contributed by atoms with Gasteiger partial charge in [-0.05, 0) is 64.4 Å². The zero-order valence-electron chi connectivity index (χ0n) is 22.8. The number of aliphatic hydroxyl groups is 2. The average Bonchev–Trinajstić information content (AvgIpc) is 2.86. The van der Waals surface area contributed by atoms with Crippen molar-refractivity contribution in [2.75, 3.05) is 20.1 Å². The third-order valence-corrected chi connectivity index (χ3v) is 4.12. The molecule has 1 rings (SSSR count). The van der Waals surface area contributed by atoms with Gasteiger partial charge in [-0.15, -0.1) is 0 Å². The molecule has 0 saturated heterocycles. The van der Waals surface area contributed by atoms with Gasteiger partial charge in [0.25, 0.3) is 0 Å². The highest BCUT2D eigenvalue weighted by Gasteiger charge is 2.21. The van der Waals surface area contributed by atoms with E-state index in [0.29, 0.717) is 25.9 Å². The van der Waals surface area contributed by atoms with Crippen LogP contribution in [0.4, 0.5) is 4.39 Å². The van der Waals surface area contributed by atoms with Crippen molar-refractivity contribution in [3.63, 3.8) is 0 Å². The lowest BCUT2D eigenvalue weighted by molar-refractivity contribution is -0.107. The largest absolute Gasteiger partial charge is 0.503 e. The Kier molecular flexibility index (Phi) is 23.4. The van der Waals surface area contributed by atoms with E-state index in [4.69, 9.17) is 0 Å². The molecule has 0 aliphatic carbocycles. The van der Waals surface area contributed by atoms with Gasteiger partial charge in [-0.25, -0.2) is 9.82 Å². The Morgan fingerprint density at radius 3 is 2.42 bits per heavy atom. The number of aliphatic hydroxyl groups excluding tert-OH is 2. The van der Waals surface area contributed by atoms with Crippen molar-refractivity contribution in [2.45, 2.75) is 66.7 Å². The van der Waals surface area contributed by atoms with Gasteiger partial charge in [0.1, 0.15) is 11.5 Å². The maximum absolute atomic E-state index is 13.1. The Bertz CT molecular complexity index is 796. The molecule has 0 fully saturated rings. The van der Waals surface area contributed by atoms with E-state index in [-0.39, 0.29) is 23.9 Å². The minimum atomic E-state index is -1.23. The van der Waals surface area contributed by atoms with Gasteiger partial charge in [-0.2, -0.15) is 0 Å². The van der Waals surface area contributed by atoms with Gasteiger partial charge >= 0.3 is 0 Å². The summed E-state index contributed by atoms with van der Waals surface area (Å²) in [5.74, 6) is -0.806. The van der Waals surface area contributed by atoms with Gasteiger partial charge in [0.15, 0.2) is 18.3 Å². The van der Waals surface area contributed by atoms with Crippen LogP contribution in [0.25, 0.3) is 0 Å². The lowest BCUT2D eigenvalue weighted by atomic mass is 10.2. The summed E-state index contributed by atoms with van der Waals surface area (Å²) in [6.45, 7) is 12.7. The van der Waals surface area contributed by atoms with E-state index in [0.717, 1.165) is 5.69 Å². The van der Waals surface area contributed by atoms with E-state index in [2.05, 4.69) is 21.0 Å². The first-order valence-electron chi connectivity index (χ1n) is 12.3. The quantitative estimate of drug-likeness (QED) is 0.0478. The first kappa shape index (κ1) is 35.3. The third kappa shape index (κ3) is 18.5. The molecule has 9 heteroatoms. The fourth-order valence-electron chi connectivity index (χ4n) is 2.56. The van der Waals surface area contributed by atoms with Crippen molar-refractivity contribution in [1.29, 1.82) is 0 Å². The zero-order valence-corrected chi connectivity index (χ0v) is 22.8. The van der Waals surface area contributed by atoms with E-state index >= 15 is 0 Å². The van der Waals surface area contributed by atoms with Crippen LogP contribution in [0, 0.1) is 6.92 Å². The van der Waals surface area contributed by atoms with Crippen LogP contribution >= 0.6 is 0 Å². The smallest absolute Gasteiger partial charge is 0.186 e. The minimum Gasteiger partial charge on any atom is -0.503 e. The van der Waals surface area contributed by atoms with Crippen LogP contribution in [-0.4, -0.2) is 58.9 Å². The predicted molar refractivity (Wildman–Crippen MR) is 146 cm³/mol. The number of rotatable bonds is 14. The Balaban J connectivity index is 0. The fourth-order valence-corrected chi connectivity index (χ4v) is 2.56. The van der Waals surface area contributed by atoms with Crippen molar-refractivity contribution in [3.05, 3.63) is 77.9 Å². The van der Waals surface area contributed by atoms with Crippen LogP contribution in [0.2, 0.25) is 0 Å². The van der Waals surface area contributed by atoms with Crippen molar-refractivity contribution in [3.8, 4) is 0 Å². The Morgan fingerprint density at radius 1 is 1.25 bits per heavy atom. The maximum Gasteiger partial charge on any atom is 0.186 e. The summed E-state index contributed by atoms with van der Waals surface area (Å²) < 4.78 is 13.1. The minimum absolute atomic E-state index is 0.00132. The number of hydrogen-bond donors (Lipinski definition) is 5. The number of aryl methyl sites for hydroxylation is 1. The molecule has 0 amide bonds. The van der Waals surface area contributed by atoms with E-state index in [9.17, 15) is 19.4 Å². The van der Waals surface area contributed by atoms with Crippen molar-refractivity contribution in [2.24, 2.45) is 0 Å². The van der Waals surface area contributed by atoms with Crippen molar-refractivity contribution >= 4 is 6.29 Å². The number of hydrazine groups is 1. The number of carbonyl (C=O) groups excluding carboxylic acids is 1. The second kappa shape index (κ2) is 23.9. The molecule has 204 valence electrons. The van der Waals surface area contributed by atoms with Crippen LogP contribution in [-0.2, 0) is 4.79 Å². The van der Waals surface area contributed by atoms with E-state index < -0.39 is 12.0 Å². The summed E-state index contributed by atoms with van der Waals surface area (Å²) in [5.41, 5.74) is 3.86. The molecule has 0 spiro atoms. The molecule has 1 atom stereocenters. The topological polar surface area (TPSA) is 110 Å². The normalized spacial score (nSPS) is 13.0. The molecule has 0 radical (unpaired) electrons. The van der Waals surface area contributed by atoms with Crippen LogP contribution in [0.1, 0.15) is 53.2 Å². The molecule has 1 aromatic rings. The van der Waals surface area contributed by atoms with Crippen LogP contribution in [0.15, 0.2) is 72.2 Å². The maximum atomic E-state index is 13.1. The molecule has 1 heterocycles. The van der Waals surface area contributed by atoms with Gasteiger partial charge in [-0.3, -0.25) is 20.1 Å². The summed E-state index contributed by atoms with van der Waals surface area (Å²) in [6, 6.07) is 5.80. The molecule has 0 aliphatic rings. The second-order valence-electron chi connectivity index (χ2n) is 7.45. The SMILES string of the molecule is CC.CC/C=C(F)\C=C/CCNC/C=C/N(NC)/C(=C(/O)C=O)C(O)NC(C)C.Cc1ccccn1. The molecular formula is C27H46FN5O3. The van der Waals surface area contributed by atoms with Gasteiger partial charge < -0.3 is 15.5 Å². The fraction of sp³-hybridized carbons (Fsp3) is 0.481. The number of nitrogens with zero attached hydrogens (tertiary/aromatic N) is 2. The number of halogens is 1. The summed E-state index contributed by atoms with van der Waals surface area (Å²) in [5, 5.41) is 27.4. The van der Waals surface area contributed by atoms with Crippen LogP contribution < -0.4 is 16.1 Å². The van der Waals surface area contributed by atoms with Gasteiger partial charge in [-0.1, -0.05) is 39.0 Å². The number of aldehydes is 1. The summed E-state index contributed by atoms with van der Waals surface area (Å²) >= 11 is 0. The van der Waals surface area contributed by atoms with E-state index in [1.54, 1.807) is 31.6 Å². The molecule has 0 aliphatic heterocycles. The number of hydrogen-bond acceptors (Lipinski definition) is 8. The molecular weight excluding hydrogens is 461 g/mol. The molecule has 0 saturated carbocycles. The summed E-state index contributed by atoms with van der Waals surface area (Å²) in [6.07, 6.45) is 10.3. The zero-order chi connectivity index (χ0) is 27.8. The first-order valence-corrected chi connectivity index (χ1v) is 12.3. The van der Waals surface area contributed by atoms with E-state index in [1.165, 1.54) is 17.2 Å². The monoisotopic (exact) mass is 507 g/mol. The highest BCUT2D eigenvalue weighted by atomic mass is 19.1. The molecule has 1 aromatic heterocycles. The number of nitrogens with one attached hydrogen (secondary N) is 3. The molecule has 0 bridgehead atoms. The number of allylic oxidation sites excluding steroid dienone is 4. The average molecular weight is 508 g/mol. The van der Waals surface area contributed by atoms with E-state index in [1.807, 2.05) is 59.7 Å². The van der Waals surface area contributed by atoms with Gasteiger partial charge in [0.05, 0.1) is 0 Å². The Hall–Kier alpha value is -2.85. The number of pyridine rings is 1. The molecule has 0 aromatic carbocycles. The highest BCUT2D eigenvalue weighted by Crippen LogP contribution is 2.10. The number of aromatic nitrogens is 1. The highest BCUT2D eigenvalue weighted by molar-refractivity contribution is 5.71. The molecule has 1 unspecified atom stereocenters. The van der Waals surface area contributed by atoms with Crippen LogP contribution in [0.5, 0.6) is 0 Å². The van der Waals surface area contributed by atoms with Gasteiger partial charge in [0.2, 0.25) is 0 Å². The summed E-state index contributed by atoms with van der Waals surface area (Å²) in [4.78, 5) is 14.9. The van der Waals surface area contributed by atoms with Crippen molar-refractivity contribution in [1.82, 2.24) is 26.1 Å². The third-order valence-electron chi connectivity index (χ3n) is 4.12. The molecule has 5 N–H and O–H groups in total. The first-order chi connectivity index (χ1) is 17.3. The molecule has 36 heavy (non-hydrogen) atoms. The standard InChI is InChI=1S/C19H33FN4O3.C6H7N.C2H6/c1-5-9-16(20)10-6-7-11-22-12-8-13-24(21-4)18(17(26)14-25)19(27)23-15(2)3;1-6-4-2-3-5-7-6;1-2/h6,8-10,13-15,19,21-23,26-27H,5,7,11-12H2,1-4H3;2-5H,1H3;1-2H3/b10-6-,13-8+,16-9+,18-17+;;. The molecule has 8 nitrogen and oxygen atoms in total. The van der Waals surface area contributed by atoms with Gasteiger partial charge in [0, 0.05) is 37.7 Å².